The summed E-state index contributed by atoms with van der Waals surface area (Å²) < 4.78 is 1.76. The molecule has 7 heteroatoms. The molecule has 170 valence electrons. The summed E-state index contributed by atoms with van der Waals surface area (Å²) in [5, 5.41) is 20.9. The van der Waals surface area contributed by atoms with Crippen LogP contribution in [-0.2, 0) is 7.05 Å². The summed E-state index contributed by atoms with van der Waals surface area (Å²) in [4.78, 5) is 12.4. The van der Waals surface area contributed by atoms with Gasteiger partial charge >= 0.3 is 0 Å². The molecule has 2 unspecified atom stereocenters. The first kappa shape index (κ1) is 20.4. The zero-order valence-corrected chi connectivity index (χ0v) is 19.4. The van der Waals surface area contributed by atoms with E-state index < -0.39 is 0 Å². The van der Waals surface area contributed by atoms with E-state index in [4.69, 9.17) is 9.97 Å². The van der Waals surface area contributed by atoms with Crippen molar-refractivity contribution in [3.05, 3.63) is 42.2 Å². The van der Waals surface area contributed by atoms with Gasteiger partial charge in [-0.05, 0) is 51.0 Å². The molecular weight excluding hydrogens is 412 g/mol. The van der Waals surface area contributed by atoms with Gasteiger partial charge in [0.25, 0.3) is 0 Å². The van der Waals surface area contributed by atoms with Gasteiger partial charge in [-0.2, -0.15) is 5.10 Å². The van der Waals surface area contributed by atoms with Crippen molar-refractivity contribution in [2.24, 2.45) is 7.05 Å². The van der Waals surface area contributed by atoms with Crippen LogP contribution in [0.15, 0.2) is 36.5 Å². The molecule has 2 atom stereocenters. The van der Waals surface area contributed by atoms with Crippen LogP contribution in [0.2, 0.25) is 0 Å². The Morgan fingerprint density at radius 2 is 1.79 bits per heavy atom. The van der Waals surface area contributed by atoms with Crippen LogP contribution < -0.4 is 10.2 Å². The Balaban J connectivity index is 1.48. The fourth-order valence-corrected chi connectivity index (χ4v) is 5.35. The summed E-state index contributed by atoms with van der Waals surface area (Å²) in [5.74, 6) is 1.21. The predicted molar refractivity (Wildman–Crippen MR) is 132 cm³/mol. The summed E-state index contributed by atoms with van der Waals surface area (Å²) in [6.45, 7) is 6.47. The van der Waals surface area contributed by atoms with Crippen molar-refractivity contribution in [3.8, 4) is 17.1 Å². The number of nitrogens with zero attached hydrogens (tertiary/aromatic N) is 5. The number of phenolic OH excluding ortho intramolecular Hbond substituents is 1. The van der Waals surface area contributed by atoms with Gasteiger partial charge in [-0.15, -0.1) is 0 Å². The molecule has 2 aromatic carbocycles. The highest BCUT2D eigenvalue weighted by atomic mass is 16.3. The minimum atomic E-state index is 0.167. The van der Waals surface area contributed by atoms with E-state index in [0.717, 1.165) is 53.4 Å². The van der Waals surface area contributed by atoms with Crippen molar-refractivity contribution in [2.75, 3.05) is 18.0 Å². The van der Waals surface area contributed by atoms with Crippen molar-refractivity contribution >= 4 is 27.5 Å². The van der Waals surface area contributed by atoms with E-state index in [0.29, 0.717) is 29.4 Å². The SMILES string of the molecule is CC1CN(c2ccc3nc(-c4cc5cn(C)nc5cc4O)nc(C4CCC4)c3c2)CC(C)N1. The summed E-state index contributed by atoms with van der Waals surface area (Å²) in [5.41, 5.74) is 4.71. The molecule has 1 saturated carbocycles. The Kier molecular flexibility index (Phi) is 4.76. The first-order valence-electron chi connectivity index (χ1n) is 11.9. The summed E-state index contributed by atoms with van der Waals surface area (Å²) in [6.07, 6.45) is 5.51. The molecule has 0 spiro atoms. The number of phenols is 1. The quantitative estimate of drug-likeness (QED) is 0.491. The Labute approximate surface area is 193 Å². The maximum Gasteiger partial charge on any atom is 0.163 e. The Morgan fingerprint density at radius 1 is 1.00 bits per heavy atom. The number of nitrogens with one attached hydrogen (secondary N) is 1. The fourth-order valence-electron chi connectivity index (χ4n) is 5.35. The van der Waals surface area contributed by atoms with Crippen molar-refractivity contribution in [1.29, 1.82) is 0 Å². The molecule has 7 nitrogen and oxygen atoms in total. The lowest BCUT2D eigenvalue weighted by Gasteiger charge is -2.38. The second kappa shape index (κ2) is 7.70. The third-order valence-corrected chi connectivity index (χ3v) is 7.10. The van der Waals surface area contributed by atoms with E-state index >= 15 is 0 Å². The summed E-state index contributed by atoms with van der Waals surface area (Å²) in [7, 11) is 1.88. The third kappa shape index (κ3) is 3.60. The van der Waals surface area contributed by atoms with E-state index in [1.165, 1.54) is 12.1 Å². The molecular formula is C26H30N6O. The van der Waals surface area contributed by atoms with E-state index in [2.05, 4.69) is 47.4 Å². The third-order valence-electron chi connectivity index (χ3n) is 7.10. The number of anilines is 1. The molecule has 6 rings (SSSR count). The van der Waals surface area contributed by atoms with E-state index in [9.17, 15) is 5.11 Å². The lowest BCUT2D eigenvalue weighted by molar-refractivity contribution is 0.407. The van der Waals surface area contributed by atoms with Crippen LogP contribution in [0, 0.1) is 0 Å². The van der Waals surface area contributed by atoms with Gasteiger partial charge in [-0.3, -0.25) is 4.68 Å². The molecule has 1 aliphatic carbocycles. The van der Waals surface area contributed by atoms with Crippen LogP contribution in [0.5, 0.6) is 5.75 Å². The van der Waals surface area contributed by atoms with Crippen LogP contribution in [-0.4, -0.2) is 50.0 Å². The molecule has 3 heterocycles. The lowest BCUT2D eigenvalue weighted by atomic mass is 9.81. The Bertz CT molecular complexity index is 1350. The van der Waals surface area contributed by atoms with Gasteiger partial charge in [0, 0.05) is 66.9 Å². The Hall–Kier alpha value is -3.19. The van der Waals surface area contributed by atoms with E-state index in [1.807, 2.05) is 19.3 Å². The van der Waals surface area contributed by atoms with Crippen LogP contribution >= 0.6 is 0 Å². The van der Waals surface area contributed by atoms with Gasteiger partial charge in [-0.1, -0.05) is 6.42 Å². The van der Waals surface area contributed by atoms with Crippen LogP contribution in [0.4, 0.5) is 5.69 Å². The molecule has 1 aliphatic heterocycles. The van der Waals surface area contributed by atoms with Crippen LogP contribution in [0.3, 0.4) is 0 Å². The van der Waals surface area contributed by atoms with Gasteiger partial charge in [0.2, 0.25) is 0 Å². The van der Waals surface area contributed by atoms with Crippen LogP contribution in [0.25, 0.3) is 33.2 Å². The highest BCUT2D eigenvalue weighted by Crippen LogP contribution is 2.41. The lowest BCUT2D eigenvalue weighted by Crippen LogP contribution is -2.54. The van der Waals surface area contributed by atoms with Crippen LogP contribution in [0.1, 0.15) is 44.7 Å². The molecule has 2 fully saturated rings. The number of hydrogen-bond donors (Lipinski definition) is 2. The number of hydrogen-bond acceptors (Lipinski definition) is 6. The first-order chi connectivity index (χ1) is 15.9. The molecule has 0 amide bonds. The normalized spacial score (nSPS) is 21.6. The second-order valence-electron chi connectivity index (χ2n) is 9.87. The molecule has 1 saturated heterocycles. The van der Waals surface area contributed by atoms with Gasteiger partial charge < -0.3 is 15.3 Å². The fraction of sp³-hybridized carbons (Fsp3) is 0.423. The minimum Gasteiger partial charge on any atom is -0.507 e. The van der Waals surface area contributed by atoms with E-state index in [-0.39, 0.29) is 5.75 Å². The van der Waals surface area contributed by atoms with Gasteiger partial charge in [-0.25, -0.2) is 9.97 Å². The molecule has 33 heavy (non-hydrogen) atoms. The molecule has 2 aromatic heterocycles. The topological polar surface area (TPSA) is 79.1 Å². The van der Waals surface area contributed by atoms with Crippen molar-refractivity contribution in [3.63, 3.8) is 0 Å². The van der Waals surface area contributed by atoms with Gasteiger partial charge in [0.1, 0.15) is 5.75 Å². The number of aromatic nitrogens is 4. The van der Waals surface area contributed by atoms with E-state index in [1.54, 1.807) is 10.7 Å². The molecule has 0 radical (unpaired) electrons. The standard InChI is InChI=1S/C26H30N6O/c1-15-12-32(13-16(2)27-15)19-7-8-22-20(10-19)25(17-5-4-6-17)29-26(28-22)21-9-18-14-31(3)30-23(18)11-24(21)33/h7-11,14-17,27,33H,4-6,12-13H2,1-3H3. The number of fused-ring (bicyclic) bond motifs is 2. The minimum absolute atomic E-state index is 0.167. The predicted octanol–water partition coefficient (Wildman–Crippen LogP) is 4.34. The smallest absolute Gasteiger partial charge is 0.163 e. The first-order valence-corrected chi connectivity index (χ1v) is 11.9. The highest BCUT2D eigenvalue weighted by molar-refractivity contribution is 5.90. The molecule has 4 aromatic rings. The average Bonchev–Trinajstić information content (AvgIpc) is 3.09. The summed E-state index contributed by atoms with van der Waals surface area (Å²) >= 11 is 0. The highest BCUT2D eigenvalue weighted by Gasteiger charge is 2.27. The molecule has 2 aliphatic rings. The van der Waals surface area contributed by atoms with Crippen molar-refractivity contribution in [1.82, 2.24) is 25.1 Å². The average molecular weight is 443 g/mol. The summed E-state index contributed by atoms with van der Waals surface area (Å²) in [6, 6.07) is 11.1. The zero-order valence-electron chi connectivity index (χ0n) is 19.4. The number of aryl methyl sites for hydroxylation is 1. The van der Waals surface area contributed by atoms with Crippen molar-refractivity contribution < 1.29 is 5.11 Å². The number of benzene rings is 2. The van der Waals surface area contributed by atoms with Gasteiger partial charge in [0.15, 0.2) is 5.82 Å². The second-order valence-corrected chi connectivity index (χ2v) is 9.87. The van der Waals surface area contributed by atoms with Crippen molar-refractivity contribution in [2.45, 2.75) is 51.1 Å². The number of piperazine rings is 1. The number of rotatable bonds is 3. The monoisotopic (exact) mass is 442 g/mol. The number of aromatic hydroxyl groups is 1. The Morgan fingerprint density at radius 3 is 2.52 bits per heavy atom. The zero-order chi connectivity index (χ0) is 22.7. The van der Waals surface area contributed by atoms with Gasteiger partial charge in [0.05, 0.1) is 22.3 Å². The molecule has 2 N–H and O–H groups in total. The maximum atomic E-state index is 10.8. The maximum absolute atomic E-state index is 10.8. The largest absolute Gasteiger partial charge is 0.507 e. The molecule has 0 bridgehead atoms.